The lowest BCUT2D eigenvalue weighted by Crippen LogP contribution is -2.15. The lowest BCUT2D eigenvalue weighted by atomic mass is 10.1. The molecule has 0 aliphatic carbocycles. The Bertz CT molecular complexity index is 534. The number of hydrogen-bond acceptors (Lipinski definition) is 2. The summed E-state index contributed by atoms with van der Waals surface area (Å²) in [6.45, 7) is 2.07. The Morgan fingerprint density at radius 1 is 1.35 bits per heavy atom. The van der Waals surface area contributed by atoms with Gasteiger partial charge in [0.1, 0.15) is 12.4 Å². The summed E-state index contributed by atoms with van der Waals surface area (Å²) in [5, 5.41) is 4.02. The molecule has 1 aromatic carbocycles. The number of halogens is 1. The van der Waals surface area contributed by atoms with Crippen LogP contribution >= 0.6 is 0 Å². The van der Waals surface area contributed by atoms with Crippen molar-refractivity contribution < 1.29 is 9.18 Å². The molecular weight excluding hydrogens is 219 g/mol. The summed E-state index contributed by atoms with van der Waals surface area (Å²) in [6, 6.07) is 8.16. The van der Waals surface area contributed by atoms with E-state index in [2.05, 4.69) is 5.10 Å². The number of hydrogen-bond donors (Lipinski definition) is 0. The van der Waals surface area contributed by atoms with Gasteiger partial charge < -0.3 is 0 Å². The lowest BCUT2D eigenvalue weighted by molar-refractivity contribution is -0.119. The van der Waals surface area contributed by atoms with Gasteiger partial charge in [0.15, 0.2) is 5.78 Å². The molecule has 0 fully saturated rings. The van der Waals surface area contributed by atoms with Gasteiger partial charge >= 0.3 is 0 Å². The molecule has 17 heavy (non-hydrogen) atoms. The summed E-state index contributed by atoms with van der Waals surface area (Å²) < 4.78 is 14.9. The summed E-state index contributed by atoms with van der Waals surface area (Å²) >= 11 is 0. The number of ketones is 1. The molecule has 3 nitrogen and oxygen atoms in total. The fourth-order valence-corrected chi connectivity index (χ4v) is 1.64. The van der Waals surface area contributed by atoms with Crippen LogP contribution in [0.5, 0.6) is 0 Å². The Hall–Kier alpha value is -1.97. The van der Waals surface area contributed by atoms with E-state index in [1.54, 1.807) is 29.1 Å². The van der Waals surface area contributed by atoms with Gasteiger partial charge in [0.25, 0.3) is 0 Å². The van der Waals surface area contributed by atoms with Crippen molar-refractivity contribution in [2.24, 2.45) is 0 Å². The Morgan fingerprint density at radius 3 is 2.76 bits per heavy atom. The van der Waals surface area contributed by atoms with E-state index in [-0.39, 0.29) is 24.6 Å². The highest BCUT2D eigenvalue weighted by molar-refractivity contribution is 5.80. The van der Waals surface area contributed by atoms with E-state index in [4.69, 9.17) is 0 Å². The van der Waals surface area contributed by atoms with E-state index < -0.39 is 0 Å². The van der Waals surface area contributed by atoms with Crippen molar-refractivity contribution in [2.45, 2.75) is 19.9 Å². The summed E-state index contributed by atoms with van der Waals surface area (Å²) in [5.41, 5.74) is 1.36. The van der Waals surface area contributed by atoms with Gasteiger partial charge in [-0.1, -0.05) is 18.2 Å². The molecule has 0 atom stereocenters. The van der Waals surface area contributed by atoms with E-state index in [9.17, 15) is 9.18 Å². The maximum absolute atomic E-state index is 13.3. The van der Waals surface area contributed by atoms with Gasteiger partial charge in [-0.3, -0.25) is 9.48 Å². The number of benzene rings is 1. The quantitative estimate of drug-likeness (QED) is 0.809. The van der Waals surface area contributed by atoms with Gasteiger partial charge in [-0.05, 0) is 24.6 Å². The van der Waals surface area contributed by atoms with Crippen molar-refractivity contribution in [2.75, 3.05) is 0 Å². The van der Waals surface area contributed by atoms with Crippen LogP contribution in [-0.4, -0.2) is 15.6 Å². The van der Waals surface area contributed by atoms with E-state index in [0.717, 1.165) is 5.69 Å². The van der Waals surface area contributed by atoms with Crippen LogP contribution in [0.3, 0.4) is 0 Å². The molecule has 0 unspecified atom stereocenters. The largest absolute Gasteiger partial charge is 0.297 e. The van der Waals surface area contributed by atoms with Gasteiger partial charge in [-0.25, -0.2) is 4.39 Å². The molecular formula is C13H13FN2O. The third kappa shape index (κ3) is 2.78. The third-order valence-electron chi connectivity index (χ3n) is 2.60. The number of Topliss-reactive ketones (excluding diaryl/α,β-unsaturated/α-hetero) is 1. The van der Waals surface area contributed by atoms with E-state index in [0.29, 0.717) is 5.56 Å². The standard InChI is InChI=1S/C13H13FN2O/c1-10-6-7-15-16(10)9-12(17)8-11-4-2-3-5-13(11)14/h2-7H,8-9H2,1H3. The summed E-state index contributed by atoms with van der Waals surface area (Å²) in [7, 11) is 0. The monoisotopic (exact) mass is 232 g/mol. The Morgan fingerprint density at radius 2 is 2.12 bits per heavy atom. The molecule has 1 aromatic heterocycles. The molecule has 2 aromatic rings. The number of rotatable bonds is 4. The molecule has 0 aliphatic heterocycles. The van der Waals surface area contributed by atoms with Crippen LogP contribution in [0.25, 0.3) is 0 Å². The van der Waals surface area contributed by atoms with Crippen molar-refractivity contribution in [3.63, 3.8) is 0 Å². The van der Waals surface area contributed by atoms with Crippen molar-refractivity contribution in [3.8, 4) is 0 Å². The van der Waals surface area contributed by atoms with Crippen LogP contribution < -0.4 is 0 Å². The number of carbonyl (C=O) groups is 1. The van der Waals surface area contributed by atoms with Crippen molar-refractivity contribution >= 4 is 5.78 Å². The first-order valence-corrected chi connectivity index (χ1v) is 5.40. The molecule has 0 radical (unpaired) electrons. The van der Waals surface area contributed by atoms with Crippen LogP contribution in [0.2, 0.25) is 0 Å². The molecule has 0 spiro atoms. The lowest BCUT2D eigenvalue weighted by Gasteiger charge is -2.04. The second-order valence-electron chi connectivity index (χ2n) is 3.94. The maximum atomic E-state index is 13.3. The predicted octanol–water partition coefficient (Wildman–Crippen LogP) is 2.14. The highest BCUT2D eigenvalue weighted by atomic mass is 19.1. The fourth-order valence-electron chi connectivity index (χ4n) is 1.64. The third-order valence-corrected chi connectivity index (χ3v) is 2.60. The highest BCUT2D eigenvalue weighted by Gasteiger charge is 2.09. The van der Waals surface area contributed by atoms with Crippen LogP contribution in [0, 0.1) is 12.7 Å². The molecule has 0 aliphatic rings. The van der Waals surface area contributed by atoms with Gasteiger partial charge in [-0.15, -0.1) is 0 Å². The minimum absolute atomic E-state index is 0.0538. The molecule has 2 rings (SSSR count). The summed E-state index contributed by atoms with van der Waals surface area (Å²) in [4.78, 5) is 11.8. The zero-order valence-electron chi connectivity index (χ0n) is 9.56. The Kier molecular flexibility index (Phi) is 3.32. The Balaban J connectivity index is 2.03. The van der Waals surface area contributed by atoms with Crippen LogP contribution in [-0.2, 0) is 17.8 Å². The number of carbonyl (C=O) groups excluding carboxylic acids is 1. The molecule has 0 amide bonds. The minimum atomic E-state index is -0.335. The first kappa shape index (κ1) is 11.5. The summed E-state index contributed by atoms with van der Waals surface area (Å²) in [6.07, 6.45) is 1.75. The van der Waals surface area contributed by atoms with Crippen molar-refractivity contribution in [3.05, 3.63) is 53.6 Å². The van der Waals surface area contributed by atoms with Crippen LogP contribution in [0.4, 0.5) is 4.39 Å². The molecule has 4 heteroatoms. The van der Waals surface area contributed by atoms with E-state index in [1.807, 2.05) is 13.0 Å². The second-order valence-corrected chi connectivity index (χ2v) is 3.94. The zero-order valence-corrected chi connectivity index (χ0v) is 9.56. The van der Waals surface area contributed by atoms with E-state index >= 15 is 0 Å². The topological polar surface area (TPSA) is 34.9 Å². The molecule has 0 N–H and O–H groups in total. The molecule has 0 bridgehead atoms. The first-order valence-electron chi connectivity index (χ1n) is 5.40. The number of nitrogens with zero attached hydrogens (tertiary/aromatic N) is 2. The smallest absolute Gasteiger partial charge is 0.158 e. The van der Waals surface area contributed by atoms with Gasteiger partial charge in [0, 0.05) is 18.3 Å². The first-order chi connectivity index (χ1) is 8.16. The minimum Gasteiger partial charge on any atom is -0.297 e. The predicted molar refractivity (Wildman–Crippen MR) is 62.1 cm³/mol. The van der Waals surface area contributed by atoms with Crippen molar-refractivity contribution in [1.82, 2.24) is 9.78 Å². The van der Waals surface area contributed by atoms with Crippen LogP contribution in [0.15, 0.2) is 36.5 Å². The molecule has 0 saturated heterocycles. The molecule has 0 saturated carbocycles. The highest BCUT2D eigenvalue weighted by Crippen LogP contribution is 2.08. The number of aromatic nitrogens is 2. The maximum Gasteiger partial charge on any atom is 0.158 e. The zero-order chi connectivity index (χ0) is 12.3. The van der Waals surface area contributed by atoms with Crippen molar-refractivity contribution in [1.29, 1.82) is 0 Å². The van der Waals surface area contributed by atoms with Gasteiger partial charge in [-0.2, -0.15) is 5.10 Å². The molecule has 1 heterocycles. The normalized spacial score (nSPS) is 10.5. The average molecular weight is 232 g/mol. The second kappa shape index (κ2) is 4.91. The fraction of sp³-hybridized carbons (Fsp3) is 0.231. The number of aryl methyl sites for hydroxylation is 1. The Labute approximate surface area is 98.9 Å². The van der Waals surface area contributed by atoms with Gasteiger partial charge in [0.05, 0.1) is 0 Å². The SMILES string of the molecule is Cc1ccnn1CC(=O)Cc1ccccc1F. The molecule has 88 valence electrons. The average Bonchev–Trinajstić information content (AvgIpc) is 2.68. The van der Waals surface area contributed by atoms with Crippen LogP contribution in [0.1, 0.15) is 11.3 Å². The summed E-state index contributed by atoms with van der Waals surface area (Å²) in [5.74, 6) is -0.389. The van der Waals surface area contributed by atoms with Gasteiger partial charge in [0.2, 0.25) is 0 Å². The van der Waals surface area contributed by atoms with E-state index in [1.165, 1.54) is 6.07 Å².